The van der Waals surface area contributed by atoms with Gasteiger partial charge in [-0.1, -0.05) is 28.9 Å². The van der Waals surface area contributed by atoms with Crippen molar-refractivity contribution in [2.45, 2.75) is 39.5 Å². The molecule has 0 saturated carbocycles. The Bertz CT molecular complexity index is 944. The fraction of sp³-hybridized carbons (Fsp3) is 0.375. The van der Waals surface area contributed by atoms with Gasteiger partial charge in [0.25, 0.3) is 0 Å². The minimum absolute atomic E-state index is 0.0248. The van der Waals surface area contributed by atoms with E-state index >= 15 is 0 Å². The number of hydrogen-bond donors (Lipinski definition) is 0. The van der Waals surface area contributed by atoms with E-state index < -0.39 is 0 Å². The lowest BCUT2D eigenvalue weighted by Gasteiger charge is -2.21. The Labute approximate surface area is 191 Å². The molecule has 148 valence electrons. The van der Waals surface area contributed by atoms with Crippen LogP contribution in [0.25, 0.3) is 6.08 Å². The van der Waals surface area contributed by atoms with Crippen LogP contribution in [0.2, 0.25) is 0 Å². The molecule has 1 aliphatic rings. The number of nitrogens with zero attached hydrogens (tertiary/aromatic N) is 2. The predicted octanol–water partition coefficient (Wildman–Crippen LogP) is 7.01. The van der Waals surface area contributed by atoms with E-state index in [1.807, 2.05) is 0 Å². The summed E-state index contributed by atoms with van der Waals surface area (Å²) in [5.41, 5.74) is 6.65. The molecular weight excluding hydrogens is 523 g/mol. The smallest absolute Gasteiger partial charge is 0.209 e. The van der Waals surface area contributed by atoms with Crippen molar-refractivity contribution in [3.05, 3.63) is 61.6 Å². The fourth-order valence-electron chi connectivity index (χ4n) is 4.15. The number of benzene rings is 2. The topological polar surface area (TPSA) is 6.25 Å². The maximum atomic E-state index is 3.65. The largest absolute Gasteiger partial charge is 0.372 e. The highest BCUT2D eigenvalue weighted by molar-refractivity contribution is 14.1. The van der Waals surface area contributed by atoms with E-state index in [2.05, 4.69) is 131 Å². The number of halogens is 2. The van der Waals surface area contributed by atoms with Crippen LogP contribution in [0.4, 0.5) is 11.4 Å². The molecule has 0 fully saturated rings. The van der Waals surface area contributed by atoms with E-state index in [9.17, 15) is 0 Å². The first-order chi connectivity index (χ1) is 13.3. The Hall–Kier alpha value is -1.14. The lowest BCUT2D eigenvalue weighted by molar-refractivity contribution is -0.401. The highest BCUT2D eigenvalue weighted by Gasteiger charge is 2.45. The van der Waals surface area contributed by atoms with Gasteiger partial charge in [0.2, 0.25) is 5.69 Å². The van der Waals surface area contributed by atoms with Gasteiger partial charge in [0.1, 0.15) is 7.05 Å². The number of allylic oxidation sites excluding steroid dienone is 1. The normalized spacial score (nSPS) is 18.8. The van der Waals surface area contributed by atoms with Crippen LogP contribution in [0, 0.1) is 3.57 Å². The van der Waals surface area contributed by atoms with E-state index in [-0.39, 0.29) is 5.41 Å². The minimum atomic E-state index is 0.0248. The summed E-state index contributed by atoms with van der Waals surface area (Å²) >= 11 is 6.11. The molecule has 2 nitrogen and oxygen atoms in total. The lowest BCUT2D eigenvalue weighted by atomic mass is 9.77. The van der Waals surface area contributed by atoms with E-state index in [4.69, 9.17) is 0 Å². The van der Waals surface area contributed by atoms with Crippen molar-refractivity contribution in [3.63, 3.8) is 0 Å². The van der Waals surface area contributed by atoms with Crippen LogP contribution in [-0.4, -0.2) is 30.4 Å². The van der Waals surface area contributed by atoms with E-state index in [0.29, 0.717) is 0 Å². The zero-order valence-corrected chi connectivity index (χ0v) is 21.1. The molecule has 0 spiro atoms. The van der Waals surface area contributed by atoms with Crippen LogP contribution in [0.1, 0.15) is 45.2 Å². The fourth-order valence-corrected chi connectivity index (χ4v) is 5.19. The summed E-state index contributed by atoms with van der Waals surface area (Å²) < 4.78 is 4.78. The second-order valence-electron chi connectivity index (χ2n) is 7.50. The van der Waals surface area contributed by atoms with Gasteiger partial charge in [-0.3, -0.25) is 0 Å². The molecule has 2 aromatic carbocycles. The summed E-state index contributed by atoms with van der Waals surface area (Å²) in [6, 6.07) is 13.4. The number of anilines is 1. The van der Waals surface area contributed by atoms with Crippen LogP contribution in [0.5, 0.6) is 0 Å². The molecule has 0 N–H and O–H groups in total. The Balaban J connectivity index is 1.97. The average molecular weight is 552 g/mol. The van der Waals surface area contributed by atoms with Crippen molar-refractivity contribution in [3.8, 4) is 0 Å². The molecule has 0 aliphatic carbocycles. The third-order valence-corrected chi connectivity index (χ3v) is 7.51. The van der Waals surface area contributed by atoms with Gasteiger partial charge < -0.3 is 4.90 Å². The van der Waals surface area contributed by atoms with E-state index in [0.717, 1.165) is 24.0 Å². The van der Waals surface area contributed by atoms with Crippen LogP contribution in [0.3, 0.4) is 0 Å². The molecule has 3 rings (SSSR count). The SMILES string of the molecule is CCN(CC)c1ccc(/C=C/C2=[N+](C)c3ccc(Br)cc3C2(C)CC)c(I)c1. The van der Waals surface area contributed by atoms with Crippen molar-refractivity contribution < 1.29 is 4.58 Å². The van der Waals surface area contributed by atoms with Crippen LogP contribution >= 0.6 is 38.5 Å². The molecule has 1 atom stereocenters. The summed E-state index contributed by atoms with van der Waals surface area (Å²) in [5, 5.41) is 0. The van der Waals surface area contributed by atoms with Gasteiger partial charge >= 0.3 is 0 Å². The predicted molar refractivity (Wildman–Crippen MR) is 134 cm³/mol. The third-order valence-electron chi connectivity index (χ3n) is 6.08. The first kappa shape index (κ1) is 21.6. The van der Waals surface area contributed by atoms with Gasteiger partial charge in [-0.25, -0.2) is 0 Å². The Morgan fingerprint density at radius 1 is 1.07 bits per heavy atom. The van der Waals surface area contributed by atoms with E-state index in [1.165, 1.54) is 31.8 Å². The van der Waals surface area contributed by atoms with Gasteiger partial charge in [0.05, 0.1) is 5.41 Å². The van der Waals surface area contributed by atoms with Crippen molar-refractivity contribution in [1.29, 1.82) is 0 Å². The Morgan fingerprint density at radius 3 is 2.39 bits per heavy atom. The van der Waals surface area contributed by atoms with Crippen molar-refractivity contribution in [1.82, 2.24) is 0 Å². The molecule has 4 heteroatoms. The molecule has 1 unspecified atom stereocenters. The second-order valence-corrected chi connectivity index (χ2v) is 9.58. The van der Waals surface area contributed by atoms with Crippen LogP contribution in [-0.2, 0) is 5.41 Å². The summed E-state index contributed by atoms with van der Waals surface area (Å²) in [4.78, 5) is 2.39. The van der Waals surface area contributed by atoms with Gasteiger partial charge in [0.15, 0.2) is 5.71 Å². The Morgan fingerprint density at radius 2 is 1.79 bits per heavy atom. The lowest BCUT2D eigenvalue weighted by Crippen LogP contribution is -2.29. The summed E-state index contributed by atoms with van der Waals surface area (Å²) in [6.45, 7) is 11.1. The van der Waals surface area contributed by atoms with Gasteiger partial charge in [0, 0.05) is 44.5 Å². The van der Waals surface area contributed by atoms with Crippen molar-refractivity contribution in [2.75, 3.05) is 25.0 Å². The highest BCUT2D eigenvalue weighted by Crippen LogP contribution is 2.43. The molecule has 0 saturated heterocycles. The highest BCUT2D eigenvalue weighted by atomic mass is 127. The first-order valence-electron chi connectivity index (χ1n) is 9.99. The molecule has 0 amide bonds. The molecule has 2 aromatic rings. The standard InChI is InChI=1S/C24H29BrIN2/c1-6-24(4)20-15-18(25)11-13-22(20)27(5)23(24)14-10-17-9-12-19(16-21(17)26)28(7-2)8-3/h9-16H,6-8H2,1-5H3/q+1. The quantitative estimate of drug-likeness (QED) is 0.276. The number of fused-ring (bicyclic) bond motifs is 1. The molecule has 1 heterocycles. The van der Waals surface area contributed by atoms with E-state index in [1.54, 1.807) is 0 Å². The maximum Gasteiger partial charge on any atom is 0.209 e. The van der Waals surface area contributed by atoms with Gasteiger partial charge in [-0.2, -0.15) is 4.58 Å². The first-order valence-corrected chi connectivity index (χ1v) is 11.9. The molecule has 28 heavy (non-hydrogen) atoms. The number of hydrogen-bond acceptors (Lipinski definition) is 1. The monoisotopic (exact) mass is 551 g/mol. The van der Waals surface area contributed by atoms with Crippen molar-refractivity contribution in [2.24, 2.45) is 0 Å². The summed E-state index contributed by atoms with van der Waals surface area (Å²) in [5.74, 6) is 0. The van der Waals surface area contributed by atoms with Gasteiger partial charge in [-0.15, -0.1) is 0 Å². The minimum Gasteiger partial charge on any atom is -0.372 e. The third kappa shape index (κ3) is 3.82. The molecule has 0 aromatic heterocycles. The summed E-state index contributed by atoms with van der Waals surface area (Å²) in [7, 11) is 2.18. The molecule has 1 aliphatic heterocycles. The number of rotatable bonds is 6. The van der Waals surface area contributed by atoms with Gasteiger partial charge in [-0.05, 0) is 85.7 Å². The average Bonchev–Trinajstić information content (AvgIpc) is 2.89. The zero-order valence-electron chi connectivity index (χ0n) is 17.4. The second kappa shape index (κ2) is 8.70. The van der Waals surface area contributed by atoms with Crippen LogP contribution < -0.4 is 4.90 Å². The van der Waals surface area contributed by atoms with Crippen molar-refractivity contribution >= 4 is 61.7 Å². The zero-order chi connectivity index (χ0) is 20.5. The molecular formula is C24H29BrIN2+. The molecule has 0 bridgehead atoms. The molecule has 0 radical (unpaired) electrons. The maximum absolute atomic E-state index is 3.65. The Kier molecular flexibility index (Phi) is 6.70. The van der Waals surface area contributed by atoms with Crippen LogP contribution in [0.15, 0.2) is 46.9 Å². The summed E-state index contributed by atoms with van der Waals surface area (Å²) in [6.07, 6.45) is 5.65.